The van der Waals surface area contributed by atoms with Gasteiger partial charge in [0.05, 0.1) is 17.4 Å². The monoisotopic (exact) mass is 324 g/mol. The van der Waals surface area contributed by atoms with Crippen LogP contribution < -0.4 is 10.5 Å². The Bertz CT molecular complexity index is 726. The van der Waals surface area contributed by atoms with E-state index in [0.29, 0.717) is 12.1 Å². The summed E-state index contributed by atoms with van der Waals surface area (Å²) in [4.78, 5) is 3.95. The Hall–Kier alpha value is -1.77. The second-order valence-corrected chi connectivity index (χ2v) is 6.54. The highest BCUT2D eigenvalue weighted by Crippen LogP contribution is 2.16. The molecule has 0 saturated carbocycles. The zero-order chi connectivity index (χ0) is 15.5. The number of hydrogen-bond acceptors (Lipinski definition) is 4. The maximum Gasteiger partial charge on any atom is 0.260 e. The second-order valence-electron chi connectivity index (χ2n) is 4.41. The lowest BCUT2D eigenvalue weighted by Crippen LogP contribution is -2.36. The Morgan fingerprint density at radius 3 is 2.62 bits per heavy atom. The number of nitrogens with zero attached hydrogens (tertiary/aromatic N) is 2. The highest BCUT2D eigenvalue weighted by Gasteiger charge is 2.25. The van der Waals surface area contributed by atoms with Gasteiger partial charge in [0.2, 0.25) is 0 Å². The predicted molar refractivity (Wildman–Crippen MR) is 84.2 cm³/mol. The summed E-state index contributed by atoms with van der Waals surface area (Å²) in [5, 5.41) is -0.0541. The molecule has 21 heavy (non-hydrogen) atoms. The van der Waals surface area contributed by atoms with Gasteiger partial charge >= 0.3 is 0 Å². The Morgan fingerprint density at radius 2 is 2.10 bits per heavy atom. The smallest absolute Gasteiger partial charge is 0.260 e. The summed E-state index contributed by atoms with van der Waals surface area (Å²) in [7, 11) is -3.79. The topological polar surface area (TPSA) is 90.0 Å². The highest BCUT2D eigenvalue weighted by atomic mass is 32.2. The van der Waals surface area contributed by atoms with Gasteiger partial charge in [-0.1, -0.05) is 42.5 Å². The molecule has 0 aliphatic carbocycles. The van der Waals surface area contributed by atoms with Gasteiger partial charge in [0.1, 0.15) is 0 Å². The van der Waals surface area contributed by atoms with Crippen LogP contribution in [0.25, 0.3) is 0 Å². The number of hydrogen-bond donors (Lipinski definition) is 2. The first-order valence-electron chi connectivity index (χ1n) is 6.32. The summed E-state index contributed by atoms with van der Waals surface area (Å²) in [6.45, 7) is 2.53. The second kappa shape index (κ2) is 6.33. The van der Waals surface area contributed by atoms with Gasteiger partial charge in [-0.2, -0.15) is 4.72 Å². The van der Waals surface area contributed by atoms with Gasteiger partial charge in [-0.05, 0) is 12.5 Å². The van der Waals surface area contributed by atoms with Crippen molar-refractivity contribution in [3.8, 4) is 0 Å². The highest BCUT2D eigenvalue weighted by molar-refractivity contribution is 7.89. The molecule has 0 bridgehead atoms. The van der Waals surface area contributed by atoms with Crippen LogP contribution in [-0.2, 0) is 16.6 Å². The SMILES string of the molecule is CCn1cnc(S(=O)(=O)NC(C(N)=S)c2ccccc2)c1. The molecule has 0 amide bonds. The van der Waals surface area contributed by atoms with Crippen LogP contribution in [0.3, 0.4) is 0 Å². The zero-order valence-electron chi connectivity index (χ0n) is 11.4. The van der Waals surface area contributed by atoms with Gasteiger partial charge in [0.15, 0.2) is 5.03 Å². The largest absolute Gasteiger partial charge is 0.392 e. The molecule has 0 saturated heterocycles. The van der Waals surface area contributed by atoms with E-state index in [1.165, 1.54) is 12.5 Å². The summed E-state index contributed by atoms with van der Waals surface area (Å²) in [5.41, 5.74) is 6.35. The zero-order valence-corrected chi connectivity index (χ0v) is 13.1. The number of benzene rings is 1. The van der Waals surface area contributed by atoms with Crippen LogP contribution in [0, 0.1) is 0 Å². The summed E-state index contributed by atoms with van der Waals surface area (Å²) >= 11 is 4.97. The molecule has 3 N–H and O–H groups in total. The van der Waals surface area contributed by atoms with Crippen molar-refractivity contribution in [1.82, 2.24) is 14.3 Å². The molecule has 0 spiro atoms. The first-order valence-corrected chi connectivity index (χ1v) is 8.21. The van der Waals surface area contributed by atoms with Crippen LogP contribution in [0.4, 0.5) is 0 Å². The lowest BCUT2D eigenvalue weighted by molar-refractivity contribution is 0.574. The molecule has 6 nitrogen and oxygen atoms in total. The fourth-order valence-electron chi connectivity index (χ4n) is 1.80. The standard InChI is InChI=1S/C13H16N4O2S2/c1-2-17-8-11(15-9-17)21(18,19)16-12(13(14)20)10-6-4-3-5-7-10/h3-9,12,16H,2H2,1H3,(H2,14,20). The van der Waals surface area contributed by atoms with E-state index in [1.54, 1.807) is 28.8 Å². The molecule has 8 heteroatoms. The van der Waals surface area contributed by atoms with Crippen LogP contribution in [-0.4, -0.2) is 23.0 Å². The molecule has 0 radical (unpaired) electrons. The van der Waals surface area contributed by atoms with Gasteiger partial charge in [0, 0.05) is 12.7 Å². The number of sulfonamides is 1. The summed E-state index contributed by atoms with van der Waals surface area (Å²) in [6, 6.07) is 8.17. The molecule has 1 heterocycles. The first kappa shape index (κ1) is 15.6. The first-order chi connectivity index (χ1) is 9.94. The fraction of sp³-hybridized carbons (Fsp3) is 0.231. The maximum absolute atomic E-state index is 12.3. The fourth-order valence-corrected chi connectivity index (χ4v) is 3.23. The van der Waals surface area contributed by atoms with Crippen LogP contribution in [0.2, 0.25) is 0 Å². The third-order valence-electron chi connectivity index (χ3n) is 2.94. The van der Waals surface area contributed by atoms with Crippen LogP contribution in [0.1, 0.15) is 18.5 Å². The molecule has 1 unspecified atom stereocenters. The van der Waals surface area contributed by atoms with Crippen molar-refractivity contribution in [2.45, 2.75) is 24.5 Å². The molecule has 2 rings (SSSR count). The minimum absolute atomic E-state index is 0.0541. The predicted octanol–water partition coefficient (Wildman–Crippen LogP) is 1.21. The quantitative estimate of drug-likeness (QED) is 0.780. The maximum atomic E-state index is 12.3. The Morgan fingerprint density at radius 1 is 1.43 bits per heavy atom. The van der Waals surface area contributed by atoms with Crippen LogP contribution in [0.15, 0.2) is 47.9 Å². The number of aromatic nitrogens is 2. The van der Waals surface area contributed by atoms with Crippen molar-refractivity contribution in [1.29, 1.82) is 0 Å². The number of imidazole rings is 1. The summed E-state index contributed by atoms with van der Waals surface area (Å²) < 4.78 is 28.9. The Balaban J connectivity index is 2.30. The molecular formula is C13H16N4O2S2. The molecule has 0 fully saturated rings. The van der Waals surface area contributed by atoms with Gasteiger partial charge in [-0.3, -0.25) is 0 Å². The number of nitrogens with two attached hydrogens (primary N) is 1. The van der Waals surface area contributed by atoms with Gasteiger partial charge < -0.3 is 10.3 Å². The summed E-state index contributed by atoms with van der Waals surface area (Å²) in [5.74, 6) is 0. The van der Waals surface area contributed by atoms with Gasteiger partial charge in [-0.25, -0.2) is 13.4 Å². The van der Waals surface area contributed by atoms with E-state index in [-0.39, 0.29) is 10.0 Å². The molecule has 112 valence electrons. The van der Waals surface area contributed by atoms with Crippen molar-refractivity contribution in [3.05, 3.63) is 48.4 Å². The number of rotatable bonds is 6. The Labute approximate surface area is 129 Å². The third-order valence-corrected chi connectivity index (χ3v) is 4.48. The van der Waals surface area contributed by atoms with E-state index in [1.807, 2.05) is 13.0 Å². The van der Waals surface area contributed by atoms with Crippen LogP contribution >= 0.6 is 12.2 Å². The molecule has 0 aliphatic rings. The van der Waals surface area contributed by atoms with Crippen molar-refractivity contribution >= 4 is 27.2 Å². The minimum Gasteiger partial charge on any atom is -0.392 e. The average molecular weight is 324 g/mol. The van der Waals surface area contributed by atoms with Gasteiger partial charge in [-0.15, -0.1) is 0 Å². The third kappa shape index (κ3) is 3.66. The number of nitrogens with one attached hydrogen (secondary N) is 1. The van der Waals surface area contributed by atoms with Crippen LogP contribution in [0.5, 0.6) is 0 Å². The lowest BCUT2D eigenvalue weighted by atomic mass is 10.1. The molecule has 0 aliphatic heterocycles. The van der Waals surface area contributed by atoms with Crippen molar-refractivity contribution in [2.75, 3.05) is 0 Å². The average Bonchev–Trinajstić information content (AvgIpc) is 2.95. The van der Waals surface area contributed by atoms with Gasteiger partial charge in [0.25, 0.3) is 10.0 Å². The van der Waals surface area contributed by atoms with Crippen molar-refractivity contribution in [3.63, 3.8) is 0 Å². The van der Waals surface area contributed by atoms with Crippen molar-refractivity contribution in [2.24, 2.45) is 5.73 Å². The minimum atomic E-state index is -3.79. The Kier molecular flexibility index (Phi) is 4.71. The number of thiocarbonyl (C=S) groups is 1. The molecule has 1 aromatic carbocycles. The van der Waals surface area contributed by atoms with E-state index in [2.05, 4.69) is 9.71 Å². The van der Waals surface area contributed by atoms with E-state index in [9.17, 15) is 8.42 Å². The van der Waals surface area contributed by atoms with E-state index in [0.717, 1.165) is 0 Å². The van der Waals surface area contributed by atoms with E-state index < -0.39 is 16.1 Å². The number of aryl methyl sites for hydroxylation is 1. The van der Waals surface area contributed by atoms with Crippen molar-refractivity contribution < 1.29 is 8.42 Å². The molecule has 2 aromatic rings. The normalized spacial score (nSPS) is 13.0. The van der Waals surface area contributed by atoms with E-state index >= 15 is 0 Å². The molecule has 1 atom stereocenters. The molecule has 1 aromatic heterocycles. The summed E-state index contributed by atoms with van der Waals surface area (Å²) in [6.07, 6.45) is 2.93. The van der Waals surface area contributed by atoms with E-state index in [4.69, 9.17) is 18.0 Å². The lowest BCUT2D eigenvalue weighted by Gasteiger charge is -2.17. The molecular weight excluding hydrogens is 308 g/mol.